The smallest absolute Gasteiger partial charge is 0.255 e. The number of likely N-dealkylation sites (N-methyl/N-ethyl adjacent to an activating group) is 1. The van der Waals surface area contributed by atoms with E-state index in [-0.39, 0.29) is 18.4 Å². The van der Waals surface area contributed by atoms with Gasteiger partial charge in [-0.25, -0.2) is 0 Å². The quantitative estimate of drug-likeness (QED) is 0.883. The summed E-state index contributed by atoms with van der Waals surface area (Å²) in [5, 5.41) is 3.29. The average Bonchev–Trinajstić information content (AvgIpc) is 2.48. The van der Waals surface area contributed by atoms with Gasteiger partial charge in [0.05, 0.1) is 12.1 Å². The molecule has 0 aliphatic heterocycles. The summed E-state index contributed by atoms with van der Waals surface area (Å²) in [5.74, 6) is -0.568. The molecule has 0 aliphatic rings. The van der Waals surface area contributed by atoms with Crippen LogP contribution >= 0.6 is 27.5 Å². The van der Waals surface area contributed by atoms with E-state index in [1.165, 1.54) is 11.1 Å². The lowest BCUT2D eigenvalue weighted by Gasteiger charge is -2.16. The Hall–Kier alpha value is -1.92. The highest BCUT2D eigenvalue weighted by atomic mass is 79.9. The maximum Gasteiger partial charge on any atom is 0.255 e. The molecule has 1 N–H and O–H groups in total. The van der Waals surface area contributed by atoms with Crippen LogP contribution < -0.4 is 5.32 Å². The number of benzene rings is 1. The fourth-order valence-electron chi connectivity index (χ4n) is 1.77. The number of halogens is 2. The van der Waals surface area contributed by atoms with Crippen LogP contribution in [-0.2, 0) is 4.79 Å². The lowest BCUT2D eigenvalue weighted by molar-refractivity contribution is -0.116. The summed E-state index contributed by atoms with van der Waals surface area (Å²) >= 11 is 9.04. The van der Waals surface area contributed by atoms with Crippen molar-refractivity contribution in [1.82, 2.24) is 9.88 Å². The van der Waals surface area contributed by atoms with Gasteiger partial charge in [0.1, 0.15) is 0 Å². The molecular weight excluding hydrogens is 370 g/mol. The molecule has 1 heterocycles. The van der Waals surface area contributed by atoms with E-state index in [0.29, 0.717) is 20.7 Å². The molecule has 0 radical (unpaired) electrons. The Balaban J connectivity index is 1.96. The van der Waals surface area contributed by atoms with Gasteiger partial charge < -0.3 is 10.2 Å². The van der Waals surface area contributed by atoms with Gasteiger partial charge in [0.2, 0.25) is 5.91 Å². The Morgan fingerprint density at radius 1 is 1.27 bits per heavy atom. The molecule has 22 heavy (non-hydrogen) atoms. The summed E-state index contributed by atoms with van der Waals surface area (Å²) in [4.78, 5) is 29.4. The fraction of sp³-hybridized carbons (Fsp3) is 0.133. The van der Waals surface area contributed by atoms with Crippen molar-refractivity contribution in [3.8, 4) is 0 Å². The molecule has 0 atom stereocenters. The SMILES string of the molecule is CN(CC(=O)Nc1ccc(Cl)cc1)C(=O)c1cncc(Br)c1. The van der Waals surface area contributed by atoms with Crippen LogP contribution in [0.25, 0.3) is 0 Å². The summed E-state index contributed by atoms with van der Waals surface area (Å²) in [6.45, 7) is -0.0615. The second-order valence-electron chi connectivity index (χ2n) is 4.61. The lowest BCUT2D eigenvalue weighted by atomic mass is 10.2. The van der Waals surface area contributed by atoms with Gasteiger partial charge in [-0.3, -0.25) is 14.6 Å². The highest BCUT2D eigenvalue weighted by molar-refractivity contribution is 9.10. The number of hydrogen-bond donors (Lipinski definition) is 1. The van der Waals surface area contributed by atoms with Crippen LogP contribution in [0.4, 0.5) is 5.69 Å². The van der Waals surface area contributed by atoms with Gasteiger partial charge in [-0.05, 0) is 46.3 Å². The highest BCUT2D eigenvalue weighted by Crippen LogP contribution is 2.14. The molecule has 0 fully saturated rings. The van der Waals surface area contributed by atoms with Crippen LogP contribution in [0.5, 0.6) is 0 Å². The first-order valence-corrected chi connectivity index (χ1v) is 7.54. The van der Waals surface area contributed by atoms with Gasteiger partial charge in [0, 0.05) is 34.6 Å². The highest BCUT2D eigenvalue weighted by Gasteiger charge is 2.15. The number of carbonyl (C=O) groups excluding carboxylic acids is 2. The van der Waals surface area contributed by atoms with E-state index < -0.39 is 0 Å². The minimum absolute atomic E-state index is 0.0615. The van der Waals surface area contributed by atoms with Crippen LogP contribution in [0.1, 0.15) is 10.4 Å². The van der Waals surface area contributed by atoms with Crippen molar-refractivity contribution in [2.24, 2.45) is 0 Å². The number of nitrogens with zero attached hydrogens (tertiary/aromatic N) is 2. The molecule has 2 amide bonds. The molecule has 0 aliphatic carbocycles. The maximum absolute atomic E-state index is 12.2. The number of hydrogen-bond acceptors (Lipinski definition) is 3. The standard InChI is InChI=1S/C15H13BrClN3O2/c1-20(15(22)10-6-11(16)8-18-7-10)9-14(21)19-13-4-2-12(17)3-5-13/h2-8H,9H2,1H3,(H,19,21). The first-order chi connectivity index (χ1) is 10.5. The van der Waals surface area contributed by atoms with Gasteiger partial charge in [-0.15, -0.1) is 0 Å². The summed E-state index contributed by atoms with van der Waals surface area (Å²) < 4.78 is 0.706. The zero-order valence-corrected chi connectivity index (χ0v) is 14.1. The zero-order valence-electron chi connectivity index (χ0n) is 11.7. The Kier molecular flexibility index (Phi) is 5.51. The van der Waals surface area contributed by atoms with Crippen LogP contribution in [0.15, 0.2) is 47.2 Å². The van der Waals surface area contributed by atoms with Crippen molar-refractivity contribution in [3.63, 3.8) is 0 Å². The van der Waals surface area contributed by atoms with Crippen LogP contribution in [0, 0.1) is 0 Å². The van der Waals surface area contributed by atoms with Gasteiger partial charge in [-0.1, -0.05) is 11.6 Å². The number of anilines is 1. The van der Waals surface area contributed by atoms with E-state index >= 15 is 0 Å². The number of aromatic nitrogens is 1. The molecular formula is C15H13BrClN3O2. The second kappa shape index (κ2) is 7.38. The molecule has 2 aromatic rings. The third-order valence-corrected chi connectivity index (χ3v) is 3.49. The predicted octanol–water partition coefficient (Wildman–Crippen LogP) is 3.21. The van der Waals surface area contributed by atoms with Gasteiger partial charge in [0.15, 0.2) is 0 Å². The molecule has 0 saturated heterocycles. The summed E-state index contributed by atoms with van der Waals surface area (Å²) in [6, 6.07) is 8.40. The topological polar surface area (TPSA) is 62.3 Å². The van der Waals surface area contributed by atoms with E-state index in [2.05, 4.69) is 26.2 Å². The van der Waals surface area contributed by atoms with Crippen LogP contribution in [0.2, 0.25) is 5.02 Å². The first-order valence-electron chi connectivity index (χ1n) is 6.37. The molecule has 1 aromatic heterocycles. The molecule has 114 valence electrons. The minimum atomic E-state index is -0.291. The molecule has 5 nitrogen and oxygen atoms in total. The van der Waals surface area contributed by atoms with Crippen molar-refractivity contribution in [1.29, 1.82) is 0 Å². The molecule has 0 unspecified atom stereocenters. The Labute approximate surface area is 141 Å². The Bertz CT molecular complexity index is 691. The zero-order chi connectivity index (χ0) is 16.1. The molecule has 0 saturated carbocycles. The molecule has 0 bridgehead atoms. The third-order valence-electron chi connectivity index (χ3n) is 2.81. The van der Waals surface area contributed by atoms with E-state index in [4.69, 9.17) is 11.6 Å². The minimum Gasteiger partial charge on any atom is -0.332 e. The largest absolute Gasteiger partial charge is 0.332 e. The fourth-order valence-corrected chi connectivity index (χ4v) is 2.26. The van der Waals surface area contributed by atoms with Gasteiger partial charge >= 0.3 is 0 Å². The summed E-state index contributed by atoms with van der Waals surface area (Å²) in [5.41, 5.74) is 1.04. The van der Waals surface area contributed by atoms with Gasteiger partial charge in [-0.2, -0.15) is 0 Å². The lowest BCUT2D eigenvalue weighted by Crippen LogP contribution is -2.35. The maximum atomic E-state index is 12.2. The van der Waals surface area contributed by atoms with Crippen LogP contribution in [0.3, 0.4) is 0 Å². The average molecular weight is 383 g/mol. The van der Waals surface area contributed by atoms with E-state index in [9.17, 15) is 9.59 Å². The normalized spacial score (nSPS) is 10.1. The molecule has 0 spiro atoms. The second-order valence-corrected chi connectivity index (χ2v) is 5.96. The van der Waals surface area contributed by atoms with Crippen molar-refractivity contribution in [2.75, 3.05) is 18.9 Å². The Morgan fingerprint density at radius 2 is 1.95 bits per heavy atom. The van der Waals surface area contributed by atoms with Crippen molar-refractivity contribution >= 4 is 45.0 Å². The first kappa shape index (κ1) is 16.5. The Morgan fingerprint density at radius 3 is 2.59 bits per heavy atom. The number of nitrogens with one attached hydrogen (secondary N) is 1. The number of rotatable bonds is 4. The van der Waals surface area contributed by atoms with Gasteiger partial charge in [0.25, 0.3) is 5.91 Å². The summed E-state index contributed by atoms with van der Waals surface area (Å²) in [7, 11) is 1.56. The predicted molar refractivity (Wildman–Crippen MR) is 89.0 cm³/mol. The number of amides is 2. The van der Waals surface area contributed by atoms with E-state index in [0.717, 1.165) is 0 Å². The van der Waals surface area contributed by atoms with E-state index in [1.54, 1.807) is 43.6 Å². The van der Waals surface area contributed by atoms with Crippen molar-refractivity contribution in [2.45, 2.75) is 0 Å². The molecule has 2 rings (SSSR count). The number of carbonyl (C=O) groups is 2. The molecule has 1 aromatic carbocycles. The van der Waals surface area contributed by atoms with Crippen molar-refractivity contribution in [3.05, 3.63) is 57.8 Å². The summed E-state index contributed by atoms with van der Waals surface area (Å²) in [6.07, 6.45) is 3.05. The molecule has 7 heteroatoms. The van der Waals surface area contributed by atoms with Crippen molar-refractivity contribution < 1.29 is 9.59 Å². The van der Waals surface area contributed by atoms with Crippen LogP contribution in [-0.4, -0.2) is 35.3 Å². The third kappa shape index (κ3) is 4.54. The monoisotopic (exact) mass is 381 g/mol. The van der Waals surface area contributed by atoms with E-state index in [1.807, 2.05) is 0 Å². The number of pyridine rings is 1.